The van der Waals surface area contributed by atoms with Gasteiger partial charge >= 0.3 is 0 Å². The summed E-state index contributed by atoms with van der Waals surface area (Å²) in [7, 11) is 0. The van der Waals surface area contributed by atoms with Crippen molar-refractivity contribution in [3.63, 3.8) is 0 Å². The standard InChI is InChI=1S/C15H18N4O/c16-13-8-4-3-7-12(13)15(20)18-14-9-10-17-19(14)11-5-1-2-6-11/h3-4,7-11H,1-2,5-6,16H2,(H,18,20). The average Bonchev–Trinajstić information content (AvgIpc) is 3.09. The highest BCUT2D eigenvalue weighted by molar-refractivity contribution is 6.07. The molecule has 104 valence electrons. The second kappa shape index (κ2) is 5.36. The number of nitrogens with zero attached hydrogens (tertiary/aromatic N) is 2. The van der Waals surface area contributed by atoms with E-state index in [4.69, 9.17) is 5.73 Å². The zero-order valence-electron chi connectivity index (χ0n) is 11.2. The van der Waals surface area contributed by atoms with Crippen molar-refractivity contribution in [2.75, 3.05) is 11.1 Å². The molecule has 20 heavy (non-hydrogen) atoms. The molecular weight excluding hydrogens is 252 g/mol. The van der Waals surface area contributed by atoms with E-state index in [9.17, 15) is 4.79 Å². The molecule has 3 N–H and O–H groups in total. The van der Waals surface area contributed by atoms with E-state index in [0.29, 0.717) is 17.3 Å². The van der Waals surface area contributed by atoms with Gasteiger partial charge in [-0.1, -0.05) is 25.0 Å². The topological polar surface area (TPSA) is 72.9 Å². The maximum absolute atomic E-state index is 12.3. The first kappa shape index (κ1) is 12.7. The van der Waals surface area contributed by atoms with Crippen molar-refractivity contribution in [3.8, 4) is 0 Å². The minimum atomic E-state index is -0.192. The van der Waals surface area contributed by atoms with Crippen molar-refractivity contribution >= 4 is 17.4 Å². The van der Waals surface area contributed by atoms with Gasteiger partial charge in [0.2, 0.25) is 0 Å². The third-order valence-electron chi connectivity index (χ3n) is 3.79. The number of benzene rings is 1. The molecule has 0 radical (unpaired) electrons. The molecule has 1 fully saturated rings. The van der Waals surface area contributed by atoms with Crippen LogP contribution in [-0.2, 0) is 0 Å². The molecule has 1 amide bonds. The van der Waals surface area contributed by atoms with Crippen LogP contribution in [0.2, 0.25) is 0 Å². The summed E-state index contributed by atoms with van der Waals surface area (Å²) in [4.78, 5) is 12.3. The van der Waals surface area contributed by atoms with Crippen molar-refractivity contribution in [3.05, 3.63) is 42.1 Å². The third kappa shape index (κ3) is 2.39. The van der Waals surface area contributed by atoms with Crippen LogP contribution in [-0.4, -0.2) is 15.7 Å². The highest BCUT2D eigenvalue weighted by Crippen LogP contribution is 2.31. The second-order valence-electron chi connectivity index (χ2n) is 5.14. The summed E-state index contributed by atoms with van der Waals surface area (Å²) in [5.74, 6) is 0.549. The van der Waals surface area contributed by atoms with Crippen molar-refractivity contribution in [1.82, 2.24) is 9.78 Å². The van der Waals surface area contributed by atoms with Crippen LogP contribution >= 0.6 is 0 Å². The molecule has 1 saturated carbocycles. The molecule has 0 saturated heterocycles. The first-order valence-electron chi connectivity index (χ1n) is 6.95. The van der Waals surface area contributed by atoms with E-state index in [-0.39, 0.29) is 5.91 Å². The van der Waals surface area contributed by atoms with Gasteiger partial charge in [0, 0.05) is 11.8 Å². The van der Waals surface area contributed by atoms with Crippen LogP contribution in [0.15, 0.2) is 36.5 Å². The number of nitrogen functional groups attached to an aromatic ring is 1. The van der Waals surface area contributed by atoms with Crippen LogP contribution < -0.4 is 11.1 Å². The van der Waals surface area contributed by atoms with E-state index in [1.54, 1.807) is 24.4 Å². The van der Waals surface area contributed by atoms with Crippen molar-refractivity contribution in [2.45, 2.75) is 31.7 Å². The lowest BCUT2D eigenvalue weighted by atomic mass is 10.1. The molecule has 1 aromatic carbocycles. The number of nitrogens with two attached hydrogens (primary N) is 1. The Morgan fingerprint density at radius 1 is 1.25 bits per heavy atom. The predicted octanol–water partition coefficient (Wildman–Crippen LogP) is 2.83. The maximum atomic E-state index is 12.3. The fraction of sp³-hybridized carbons (Fsp3) is 0.333. The number of hydrogen-bond donors (Lipinski definition) is 2. The summed E-state index contributed by atoms with van der Waals surface area (Å²) in [5.41, 5.74) is 6.80. The summed E-state index contributed by atoms with van der Waals surface area (Å²) in [6.07, 6.45) is 6.42. The molecular formula is C15H18N4O. The Labute approximate surface area is 117 Å². The smallest absolute Gasteiger partial charge is 0.258 e. The molecule has 0 unspecified atom stereocenters. The van der Waals surface area contributed by atoms with Crippen LogP contribution in [0.5, 0.6) is 0 Å². The van der Waals surface area contributed by atoms with E-state index in [1.807, 2.05) is 16.8 Å². The Morgan fingerprint density at radius 3 is 2.75 bits per heavy atom. The normalized spacial score (nSPS) is 15.4. The van der Waals surface area contributed by atoms with Crippen LogP contribution in [0, 0.1) is 0 Å². The molecule has 0 bridgehead atoms. The van der Waals surface area contributed by atoms with Crippen molar-refractivity contribution in [2.24, 2.45) is 0 Å². The van der Waals surface area contributed by atoms with Crippen LogP contribution in [0.3, 0.4) is 0 Å². The van der Waals surface area contributed by atoms with Gasteiger partial charge in [-0.05, 0) is 25.0 Å². The Balaban J connectivity index is 1.80. The molecule has 2 aromatic rings. The quantitative estimate of drug-likeness (QED) is 0.842. The number of carbonyl (C=O) groups is 1. The van der Waals surface area contributed by atoms with Gasteiger partial charge in [-0.25, -0.2) is 4.68 Å². The summed E-state index contributed by atoms with van der Waals surface area (Å²) in [6, 6.07) is 9.29. The molecule has 5 nitrogen and oxygen atoms in total. The number of aromatic nitrogens is 2. The predicted molar refractivity (Wildman–Crippen MR) is 78.5 cm³/mol. The highest BCUT2D eigenvalue weighted by atomic mass is 16.1. The minimum absolute atomic E-state index is 0.192. The fourth-order valence-electron chi connectivity index (χ4n) is 2.74. The Bertz CT molecular complexity index is 614. The zero-order chi connectivity index (χ0) is 13.9. The van der Waals surface area contributed by atoms with E-state index in [0.717, 1.165) is 18.7 Å². The van der Waals surface area contributed by atoms with E-state index in [1.165, 1.54) is 12.8 Å². The molecule has 0 spiro atoms. The van der Waals surface area contributed by atoms with Gasteiger partial charge in [0.15, 0.2) is 0 Å². The molecule has 1 aliphatic carbocycles. The second-order valence-corrected chi connectivity index (χ2v) is 5.14. The number of carbonyl (C=O) groups excluding carboxylic acids is 1. The van der Waals surface area contributed by atoms with Crippen molar-refractivity contribution in [1.29, 1.82) is 0 Å². The Kier molecular flexibility index (Phi) is 3.41. The van der Waals surface area contributed by atoms with E-state index in [2.05, 4.69) is 10.4 Å². The SMILES string of the molecule is Nc1ccccc1C(=O)Nc1ccnn1C1CCCC1. The summed E-state index contributed by atoms with van der Waals surface area (Å²) in [6.45, 7) is 0. The van der Waals surface area contributed by atoms with E-state index >= 15 is 0 Å². The maximum Gasteiger partial charge on any atom is 0.258 e. The number of anilines is 2. The van der Waals surface area contributed by atoms with Crippen LogP contribution in [0.4, 0.5) is 11.5 Å². The van der Waals surface area contributed by atoms with E-state index < -0.39 is 0 Å². The Morgan fingerprint density at radius 2 is 2.00 bits per heavy atom. The lowest BCUT2D eigenvalue weighted by Gasteiger charge is -2.15. The van der Waals surface area contributed by atoms with Gasteiger partial charge in [-0.15, -0.1) is 0 Å². The number of amides is 1. The molecule has 3 rings (SSSR count). The van der Waals surface area contributed by atoms with Crippen LogP contribution in [0.1, 0.15) is 42.1 Å². The van der Waals surface area contributed by atoms with Gasteiger partial charge < -0.3 is 11.1 Å². The molecule has 1 aromatic heterocycles. The summed E-state index contributed by atoms with van der Waals surface area (Å²) >= 11 is 0. The molecule has 1 aliphatic rings. The first-order valence-corrected chi connectivity index (χ1v) is 6.95. The van der Waals surface area contributed by atoms with Gasteiger partial charge in [0.05, 0.1) is 17.8 Å². The fourth-order valence-corrected chi connectivity index (χ4v) is 2.74. The molecule has 0 atom stereocenters. The summed E-state index contributed by atoms with van der Waals surface area (Å²) in [5, 5.41) is 7.24. The number of nitrogens with one attached hydrogen (secondary N) is 1. The summed E-state index contributed by atoms with van der Waals surface area (Å²) < 4.78 is 1.92. The molecule has 0 aliphatic heterocycles. The molecule has 5 heteroatoms. The molecule has 1 heterocycles. The first-order chi connectivity index (χ1) is 9.75. The van der Waals surface area contributed by atoms with Crippen LogP contribution in [0.25, 0.3) is 0 Å². The zero-order valence-corrected chi connectivity index (χ0v) is 11.2. The van der Waals surface area contributed by atoms with Gasteiger partial charge in [0.25, 0.3) is 5.91 Å². The number of para-hydroxylation sites is 1. The monoisotopic (exact) mass is 270 g/mol. The highest BCUT2D eigenvalue weighted by Gasteiger charge is 2.21. The van der Waals surface area contributed by atoms with Gasteiger partial charge in [0.1, 0.15) is 5.82 Å². The largest absolute Gasteiger partial charge is 0.398 e. The average molecular weight is 270 g/mol. The van der Waals surface area contributed by atoms with Gasteiger partial charge in [-0.2, -0.15) is 5.10 Å². The lowest BCUT2D eigenvalue weighted by Crippen LogP contribution is -2.18. The van der Waals surface area contributed by atoms with Gasteiger partial charge in [-0.3, -0.25) is 4.79 Å². The number of rotatable bonds is 3. The number of hydrogen-bond acceptors (Lipinski definition) is 3. The Hall–Kier alpha value is -2.30. The van der Waals surface area contributed by atoms with Crippen molar-refractivity contribution < 1.29 is 4.79 Å². The lowest BCUT2D eigenvalue weighted by molar-refractivity contribution is 0.102. The minimum Gasteiger partial charge on any atom is -0.398 e. The third-order valence-corrected chi connectivity index (χ3v) is 3.79.